The van der Waals surface area contributed by atoms with E-state index in [0.29, 0.717) is 5.02 Å². The maximum atomic E-state index is 5.94. The predicted molar refractivity (Wildman–Crippen MR) is 74.3 cm³/mol. The van der Waals surface area contributed by atoms with Gasteiger partial charge in [-0.25, -0.2) is 4.98 Å². The number of nitrogens with one attached hydrogen (secondary N) is 1. The first-order valence-corrected chi connectivity index (χ1v) is 6.55. The van der Waals surface area contributed by atoms with E-state index < -0.39 is 0 Å². The molecule has 3 aromatic heterocycles. The lowest BCUT2D eigenvalue weighted by Gasteiger charge is -1.99. The molecule has 0 atom stereocenters. The second-order valence-electron chi connectivity index (χ2n) is 4.35. The van der Waals surface area contributed by atoms with Crippen molar-refractivity contribution < 1.29 is 4.42 Å². The van der Waals surface area contributed by atoms with Crippen molar-refractivity contribution in [3.8, 4) is 0 Å². The maximum Gasteiger partial charge on any atom is 0.137 e. The van der Waals surface area contributed by atoms with Gasteiger partial charge in [-0.15, -0.1) is 0 Å². The van der Waals surface area contributed by atoms with Crippen LogP contribution >= 0.6 is 11.6 Å². The zero-order valence-corrected chi connectivity index (χ0v) is 11.1. The second kappa shape index (κ2) is 5.47. The minimum absolute atomic E-state index is 0.710. The van der Waals surface area contributed by atoms with E-state index in [9.17, 15) is 0 Å². The second-order valence-corrected chi connectivity index (χ2v) is 4.79. The highest BCUT2D eigenvalue weighted by Gasteiger charge is 2.02. The van der Waals surface area contributed by atoms with E-state index in [1.807, 2.05) is 41.1 Å². The standard InChI is InChI=1S/C14H14ClN3O/c15-11-3-4-14-17-12(10-18(14)9-11)8-16-6-5-13-2-1-7-19-13/h1-4,7,9-10,16H,5-6,8H2. The lowest BCUT2D eigenvalue weighted by Crippen LogP contribution is -2.16. The third-order valence-electron chi connectivity index (χ3n) is 2.90. The number of furan rings is 1. The molecular formula is C14H14ClN3O. The average Bonchev–Trinajstić information content (AvgIpc) is 3.02. The van der Waals surface area contributed by atoms with Crippen molar-refractivity contribution in [3.63, 3.8) is 0 Å². The van der Waals surface area contributed by atoms with Gasteiger partial charge < -0.3 is 14.1 Å². The highest BCUT2D eigenvalue weighted by molar-refractivity contribution is 6.30. The Kier molecular flexibility index (Phi) is 3.53. The van der Waals surface area contributed by atoms with Crippen LogP contribution in [0.25, 0.3) is 5.65 Å². The van der Waals surface area contributed by atoms with Crippen LogP contribution < -0.4 is 5.32 Å². The van der Waals surface area contributed by atoms with E-state index in [0.717, 1.165) is 36.6 Å². The fourth-order valence-electron chi connectivity index (χ4n) is 1.99. The number of hydrogen-bond acceptors (Lipinski definition) is 3. The van der Waals surface area contributed by atoms with Crippen LogP contribution in [-0.2, 0) is 13.0 Å². The van der Waals surface area contributed by atoms with Crippen molar-refractivity contribution in [1.29, 1.82) is 0 Å². The molecular weight excluding hydrogens is 262 g/mol. The van der Waals surface area contributed by atoms with Crippen molar-refractivity contribution in [2.24, 2.45) is 0 Å². The molecule has 0 aliphatic carbocycles. The first kappa shape index (κ1) is 12.3. The van der Waals surface area contributed by atoms with Crippen LogP contribution in [0.2, 0.25) is 5.02 Å². The van der Waals surface area contributed by atoms with Crippen LogP contribution in [0.5, 0.6) is 0 Å². The quantitative estimate of drug-likeness (QED) is 0.728. The summed E-state index contributed by atoms with van der Waals surface area (Å²) in [5, 5.41) is 4.06. The Labute approximate surface area is 116 Å². The first-order valence-electron chi connectivity index (χ1n) is 6.17. The van der Waals surface area contributed by atoms with Gasteiger partial charge in [-0.2, -0.15) is 0 Å². The summed E-state index contributed by atoms with van der Waals surface area (Å²) in [6.45, 7) is 1.60. The van der Waals surface area contributed by atoms with Gasteiger partial charge in [-0.05, 0) is 24.3 Å². The number of pyridine rings is 1. The zero-order chi connectivity index (χ0) is 13.1. The van der Waals surface area contributed by atoms with E-state index in [1.54, 1.807) is 6.26 Å². The van der Waals surface area contributed by atoms with E-state index in [-0.39, 0.29) is 0 Å². The van der Waals surface area contributed by atoms with Gasteiger partial charge in [0.25, 0.3) is 0 Å². The Morgan fingerprint density at radius 1 is 1.26 bits per heavy atom. The van der Waals surface area contributed by atoms with E-state index in [1.165, 1.54) is 0 Å². The summed E-state index contributed by atoms with van der Waals surface area (Å²) in [6, 6.07) is 7.64. The van der Waals surface area contributed by atoms with Crippen LogP contribution in [0.3, 0.4) is 0 Å². The predicted octanol–water partition coefficient (Wildman–Crippen LogP) is 2.91. The third-order valence-corrected chi connectivity index (χ3v) is 3.12. The van der Waals surface area contributed by atoms with Crippen molar-refractivity contribution in [1.82, 2.24) is 14.7 Å². The summed E-state index contributed by atoms with van der Waals surface area (Å²) in [7, 11) is 0. The smallest absolute Gasteiger partial charge is 0.137 e. The molecule has 5 heteroatoms. The van der Waals surface area contributed by atoms with Crippen molar-refractivity contribution in [3.05, 3.63) is 59.4 Å². The number of imidazole rings is 1. The Bertz CT molecular complexity index is 660. The first-order chi connectivity index (χ1) is 9.31. The molecule has 0 aliphatic heterocycles. The van der Waals surface area contributed by atoms with Gasteiger partial charge in [0.1, 0.15) is 11.4 Å². The molecule has 3 aromatic rings. The number of halogens is 1. The van der Waals surface area contributed by atoms with Crippen molar-refractivity contribution >= 4 is 17.2 Å². The summed E-state index contributed by atoms with van der Waals surface area (Å²) in [6.07, 6.45) is 6.42. The molecule has 0 spiro atoms. The molecule has 0 amide bonds. The Morgan fingerprint density at radius 3 is 3.05 bits per heavy atom. The Morgan fingerprint density at radius 2 is 2.21 bits per heavy atom. The molecule has 3 heterocycles. The topological polar surface area (TPSA) is 42.5 Å². The van der Waals surface area contributed by atoms with Gasteiger partial charge in [0.05, 0.1) is 17.0 Å². The van der Waals surface area contributed by atoms with Crippen LogP contribution in [0, 0.1) is 0 Å². The van der Waals surface area contributed by atoms with Crippen molar-refractivity contribution in [2.75, 3.05) is 6.54 Å². The molecule has 0 aliphatic rings. The normalized spacial score (nSPS) is 11.2. The summed E-state index contributed by atoms with van der Waals surface area (Å²) in [5.41, 5.74) is 1.91. The molecule has 0 bridgehead atoms. The molecule has 0 saturated carbocycles. The maximum absolute atomic E-state index is 5.94. The van der Waals surface area contributed by atoms with Gasteiger partial charge >= 0.3 is 0 Å². The minimum Gasteiger partial charge on any atom is -0.469 e. The number of aromatic nitrogens is 2. The van der Waals surface area contributed by atoms with Crippen LogP contribution in [-0.4, -0.2) is 15.9 Å². The monoisotopic (exact) mass is 275 g/mol. The molecule has 1 N–H and O–H groups in total. The number of hydrogen-bond donors (Lipinski definition) is 1. The van der Waals surface area contributed by atoms with Gasteiger partial charge in [-0.3, -0.25) is 0 Å². The largest absolute Gasteiger partial charge is 0.469 e. The van der Waals surface area contributed by atoms with Crippen LogP contribution in [0.15, 0.2) is 47.3 Å². The molecule has 98 valence electrons. The minimum atomic E-state index is 0.710. The van der Waals surface area contributed by atoms with E-state index in [4.69, 9.17) is 16.0 Å². The molecule has 3 rings (SSSR count). The van der Waals surface area contributed by atoms with E-state index >= 15 is 0 Å². The lowest BCUT2D eigenvalue weighted by atomic mass is 10.3. The van der Waals surface area contributed by atoms with Gasteiger partial charge in [-0.1, -0.05) is 11.6 Å². The fraction of sp³-hybridized carbons (Fsp3) is 0.214. The fourth-order valence-corrected chi connectivity index (χ4v) is 2.15. The van der Waals surface area contributed by atoms with Crippen LogP contribution in [0.1, 0.15) is 11.5 Å². The number of nitrogens with zero attached hydrogens (tertiary/aromatic N) is 2. The molecule has 0 radical (unpaired) electrons. The molecule has 19 heavy (non-hydrogen) atoms. The van der Waals surface area contributed by atoms with E-state index in [2.05, 4.69) is 10.3 Å². The third kappa shape index (κ3) is 2.97. The summed E-state index contributed by atoms with van der Waals surface area (Å²) in [4.78, 5) is 4.51. The number of rotatable bonds is 5. The highest BCUT2D eigenvalue weighted by atomic mass is 35.5. The Balaban J connectivity index is 1.56. The lowest BCUT2D eigenvalue weighted by molar-refractivity contribution is 0.498. The number of fused-ring (bicyclic) bond motifs is 1. The Hall–Kier alpha value is -1.78. The molecule has 0 aromatic carbocycles. The molecule has 0 fully saturated rings. The van der Waals surface area contributed by atoms with Gasteiger partial charge in [0, 0.05) is 31.9 Å². The van der Waals surface area contributed by atoms with Gasteiger partial charge in [0.2, 0.25) is 0 Å². The molecule has 4 nitrogen and oxygen atoms in total. The van der Waals surface area contributed by atoms with Crippen molar-refractivity contribution in [2.45, 2.75) is 13.0 Å². The zero-order valence-electron chi connectivity index (χ0n) is 10.3. The molecule has 0 unspecified atom stereocenters. The average molecular weight is 276 g/mol. The van der Waals surface area contributed by atoms with Crippen LogP contribution in [0.4, 0.5) is 0 Å². The SMILES string of the molecule is Clc1ccc2nc(CNCCc3ccco3)cn2c1. The summed E-state index contributed by atoms with van der Waals surface area (Å²) < 4.78 is 7.21. The molecule has 0 saturated heterocycles. The van der Waals surface area contributed by atoms with Gasteiger partial charge in [0.15, 0.2) is 0 Å². The summed E-state index contributed by atoms with van der Waals surface area (Å²) in [5.74, 6) is 0.995. The summed E-state index contributed by atoms with van der Waals surface area (Å²) >= 11 is 5.94. The highest BCUT2D eigenvalue weighted by Crippen LogP contribution is 2.11.